The number of alkyl halides is 1. The number of esters is 1. The van der Waals surface area contributed by atoms with Crippen molar-refractivity contribution in [3.8, 4) is 5.75 Å². The molecule has 3 rings (SSSR count). The number of aromatic nitrogens is 2. The average Bonchev–Trinajstić information content (AvgIpc) is 3.04. The van der Waals surface area contributed by atoms with Crippen LogP contribution in [0.1, 0.15) is 39.1 Å². The number of hydrogen-bond acceptors (Lipinski definition) is 8. The molecule has 0 unspecified atom stereocenters. The summed E-state index contributed by atoms with van der Waals surface area (Å²) in [5.41, 5.74) is -1.33. The maximum atomic E-state index is 14.0. The predicted octanol–water partition coefficient (Wildman–Crippen LogP) is 1.12. The summed E-state index contributed by atoms with van der Waals surface area (Å²) in [5.74, 6) is -2.76. The van der Waals surface area contributed by atoms with Crippen molar-refractivity contribution in [2.45, 2.75) is 18.6 Å². The molecule has 2 aromatic rings. The first-order chi connectivity index (χ1) is 12.9. The van der Waals surface area contributed by atoms with Gasteiger partial charge in [0.25, 0.3) is 5.56 Å². The Hall–Kier alpha value is -3.27. The van der Waals surface area contributed by atoms with Crippen LogP contribution in [0.3, 0.4) is 0 Å². The highest BCUT2D eigenvalue weighted by Crippen LogP contribution is 2.32. The lowest BCUT2D eigenvalue weighted by molar-refractivity contribution is -0.124. The Morgan fingerprint density at radius 1 is 1.30 bits per heavy atom. The predicted molar refractivity (Wildman–Crippen MR) is 88.7 cm³/mol. The Morgan fingerprint density at radius 2 is 2.00 bits per heavy atom. The van der Waals surface area contributed by atoms with Crippen molar-refractivity contribution >= 4 is 11.9 Å². The first-order valence-electron chi connectivity index (χ1n) is 8.00. The van der Waals surface area contributed by atoms with Crippen LogP contribution in [-0.4, -0.2) is 51.9 Å². The molecule has 2 N–H and O–H groups in total. The van der Waals surface area contributed by atoms with E-state index < -0.39 is 41.2 Å². The van der Waals surface area contributed by atoms with E-state index in [0.29, 0.717) is 0 Å². The summed E-state index contributed by atoms with van der Waals surface area (Å²) >= 11 is 0. The van der Waals surface area contributed by atoms with Crippen molar-refractivity contribution in [1.29, 1.82) is 0 Å². The molecule has 1 fully saturated rings. The summed E-state index contributed by atoms with van der Waals surface area (Å²) in [6.07, 6.45) is -1.48. The number of aromatic amines is 1. The van der Waals surface area contributed by atoms with E-state index in [2.05, 4.69) is 14.7 Å². The Labute approximate surface area is 152 Å². The first kappa shape index (κ1) is 18.5. The van der Waals surface area contributed by atoms with E-state index in [9.17, 15) is 23.9 Å². The number of rotatable bonds is 4. The number of nitrogens with zero attached hydrogens (tertiary/aromatic N) is 2. The lowest BCUT2D eigenvalue weighted by Gasteiger charge is -2.22. The maximum absolute atomic E-state index is 14.0. The fraction of sp³-hybridized carbons (Fsp3) is 0.294. The summed E-state index contributed by atoms with van der Waals surface area (Å²) in [5, 5.41) is 10.8. The molecule has 9 nitrogen and oxygen atoms in total. The third-order valence-electron chi connectivity index (χ3n) is 4.02. The van der Waals surface area contributed by atoms with Crippen molar-refractivity contribution in [2.75, 3.05) is 13.7 Å². The second-order valence-electron chi connectivity index (χ2n) is 5.83. The SMILES string of the molecule is COC(=O)c1nc([C@@H]2C[C@H](F)CN2OC(=O)c2ccccc2)[nH]c(=O)c1O. The molecular formula is C17H16FN3O6. The van der Waals surface area contributed by atoms with Gasteiger partial charge in [-0.3, -0.25) is 4.79 Å². The lowest BCUT2D eigenvalue weighted by Crippen LogP contribution is -2.30. The van der Waals surface area contributed by atoms with Gasteiger partial charge in [0.2, 0.25) is 5.75 Å². The monoisotopic (exact) mass is 377 g/mol. The van der Waals surface area contributed by atoms with Gasteiger partial charge >= 0.3 is 11.9 Å². The largest absolute Gasteiger partial charge is 0.501 e. The molecule has 2 heterocycles. The fourth-order valence-electron chi connectivity index (χ4n) is 2.72. The number of benzene rings is 1. The number of aromatic hydroxyl groups is 1. The zero-order valence-corrected chi connectivity index (χ0v) is 14.2. The number of hydrogen-bond donors (Lipinski definition) is 2. The number of halogens is 1. The highest BCUT2D eigenvalue weighted by molar-refractivity contribution is 5.90. The molecule has 1 aromatic heterocycles. The quantitative estimate of drug-likeness (QED) is 0.760. The topological polar surface area (TPSA) is 122 Å². The first-order valence-corrected chi connectivity index (χ1v) is 8.00. The van der Waals surface area contributed by atoms with Gasteiger partial charge < -0.3 is 19.7 Å². The second kappa shape index (κ2) is 7.54. The van der Waals surface area contributed by atoms with E-state index in [0.717, 1.165) is 12.2 Å². The van der Waals surface area contributed by atoms with Gasteiger partial charge in [-0.2, -0.15) is 0 Å². The molecule has 0 bridgehead atoms. The minimum Gasteiger partial charge on any atom is -0.501 e. The van der Waals surface area contributed by atoms with Gasteiger partial charge in [0.15, 0.2) is 5.69 Å². The molecule has 0 radical (unpaired) electrons. The fourth-order valence-corrected chi connectivity index (χ4v) is 2.72. The van der Waals surface area contributed by atoms with E-state index in [4.69, 9.17) is 4.84 Å². The normalized spacial score (nSPS) is 19.6. The summed E-state index contributed by atoms with van der Waals surface area (Å²) in [4.78, 5) is 47.2. The van der Waals surface area contributed by atoms with E-state index in [-0.39, 0.29) is 24.4 Å². The van der Waals surface area contributed by atoms with Crippen molar-refractivity contribution in [1.82, 2.24) is 15.0 Å². The molecule has 142 valence electrons. The van der Waals surface area contributed by atoms with Gasteiger partial charge in [0, 0.05) is 6.42 Å². The van der Waals surface area contributed by atoms with Crippen LogP contribution in [0.15, 0.2) is 35.1 Å². The zero-order valence-electron chi connectivity index (χ0n) is 14.2. The van der Waals surface area contributed by atoms with E-state index >= 15 is 0 Å². The number of hydroxylamine groups is 2. The van der Waals surface area contributed by atoms with Crippen LogP contribution in [0.2, 0.25) is 0 Å². The Kier molecular flexibility index (Phi) is 5.17. The van der Waals surface area contributed by atoms with E-state index in [1.54, 1.807) is 18.2 Å². The molecular weight excluding hydrogens is 361 g/mol. The Balaban J connectivity index is 1.90. The summed E-state index contributed by atoms with van der Waals surface area (Å²) in [7, 11) is 1.06. The van der Waals surface area contributed by atoms with Gasteiger partial charge in [-0.15, -0.1) is 5.06 Å². The summed E-state index contributed by atoms with van der Waals surface area (Å²) in [6, 6.07) is 7.17. The number of carbonyl (C=O) groups is 2. The Morgan fingerprint density at radius 3 is 2.67 bits per heavy atom. The number of carbonyl (C=O) groups excluding carboxylic acids is 2. The highest BCUT2D eigenvalue weighted by atomic mass is 19.1. The third kappa shape index (κ3) is 3.80. The van der Waals surface area contributed by atoms with Crippen molar-refractivity contribution in [2.24, 2.45) is 0 Å². The molecule has 1 saturated heterocycles. The number of methoxy groups -OCH3 is 1. The maximum Gasteiger partial charge on any atom is 0.360 e. The smallest absolute Gasteiger partial charge is 0.360 e. The summed E-state index contributed by atoms with van der Waals surface area (Å²) in [6.45, 7) is -0.235. The minimum atomic E-state index is -1.35. The van der Waals surface area contributed by atoms with Gasteiger partial charge in [-0.05, 0) is 12.1 Å². The van der Waals surface area contributed by atoms with Gasteiger partial charge in [-0.25, -0.2) is 19.0 Å². The third-order valence-corrected chi connectivity index (χ3v) is 4.02. The van der Waals surface area contributed by atoms with Crippen LogP contribution in [0.4, 0.5) is 4.39 Å². The lowest BCUT2D eigenvalue weighted by atomic mass is 10.2. The van der Waals surface area contributed by atoms with Crippen LogP contribution in [0, 0.1) is 0 Å². The Bertz CT molecular complexity index is 917. The van der Waals surface area contributed by atoms with E-state index in [1.165, 1.54) is 12.1 Å². The molecule has 0 aliphatic carbocycles. The van der Waals surface area contributed by atoms with Crippen LogP contribution in [0.5, 0.6) is 5.75 Å². The van der Waals surface area contributed by atoms with Crippen LogP contribution >= 0.6 is 0 Å². The minimum absolute atomic E-state index is 0.126. The molecule has 27 heavy (non-hydrogen) atoms. The van der Waals surface area contributed by atoms with E-state index in [1.807, 2.05) is 0 Å². The standard InChI is InChI=1S/C17H16FN3O6/c1-26-17(25)12-13(22)15(23)20-14(19-12)11-7-10(18)8-21(11)27-16(24)9-5-3-2-4-6-9/h2-6,10-11,22H,7-8H2,1H3,(H,19,20,23)/t10-,11-/m0/s1. The average molecular weight is 377 g/mol. The number of ether oxygens (including phenoxy) is 1. The highest BCUT2D eigenvalue weighted by Gasteiger charge is 2.39. The second-order valence-corrected chi connectivity index (χ2v) is 5.83. The van der Waals surface area contributed by atoms with Crippen LogP contribution < -0.4 is 5.56 Å². The van der Waals surface area contributed by atoms with Crippen molar-refractivity contribution < 1.29 is 28.7 Å². The molecule has 10 heteroatoms. The summed E-state index contributed by atoms with van der Waals surface area (Å²) < 4.78 is 18.4. The molecule has 0 saturated carbocycles. The van der Waals surface area contributed by atoms with Gasteiger partial charge in [0.05, 0.1) is 19.2 Å². The van der Waals surface area contributed by atoms with Crippen LogP contribution in [-0.2, 0) is 9.57 Å². The molecule has 2 atom stereocenters. The zero-order chi connectivity index (χ0) is 19.6. The van der Waals surface area contributed by atoms with Gasteiger partial charge in [0.1, 0.15) is 18.0 Å². The van der Waals surface area contributed by atoms with Gasteiger partial charge in [-0.1, -0.05) is 18.2 Å². The molecule has 1 aliphatic heterocycles. The molecule has 0 spiro atoms. The molecule has 0 amide bonds. The van der Waals surface area contributed by atoms with Crippen molar-refractivity contribution in [3.05, 3.63) is 57.8 Å². The molecule has 1 aliphatic rings. The van der Waals surface area contributed by atoms with Crippen molar-refractivity contribution in [3.63, 3.8) is 0 Å². The number of nitrogens with one attached hydrogen (secondary N) is 1. The molecule has 1 aromatic carbocycles. The number of H-pyrrole nitrogens is 1. The van der Waals surface area contributed by atoms with Crippen LogP contribution in [0.25, 0.3) is 0 Å².